The van der Waals surface area contributed by atoms with Gasteiger partial charge < -0.3 is 7.43 Å². The summed E-state index contributed by atoms with van der Waals surface area (Å²) in [5.41, 5.74) is 1.01. The van der Waals surface area contributed by atoms with Gasteiger partial charge in [0.15, 0.2) is 0 Å². The van der Waals surface area contributed by atoms with Crippen LogP contribution >= 0.6 is 0 Å². The van der Waals surface area contributed by atoms with Crippen LogP contribution in [0.25, 0.3) is 12.2 Å². The molecule has 102 valence electrons. The minimum Gasteiger partial charge on any atom is -0.358 e. The fourth-order valence-electron chi connectivity index (χ4n) is 1.56. The van der Waals surface area contributed by atoms with Crippen molar-refractivity contribution in [2.75, 3.05) is 0 Å². The van der Waals surface area contributed by atoms with E-state index in [1.807, 2.05) is 12.1 Å². The third-order valence-electron chi connectivity index (χ3n) is 2.41. The van der Waals surface area contributed by atoms with Crippen LogP contribution in [0.15, 0.2) is 42.5 Å². The molecule has 0 fully saturated rings. The molecular formula is C16H13F3U. The summed E-state index contributed by atoms with van der Waals surface area (Å²) in [5, 5.41) is 0. The quantitative estimate of drug-likeness (QED) is 0.403. The van der Waals surface area contributed by atoms with Gasteiger partial charge in [0.1, 0.15) is 5.82 Å². The van der Waals surface area contributed by atoms with Crippen LogP contribution in [0.2, 0.25) is 0 Å². The predicted molar refractivity (Wildman–Crippen MR) is 72.0 cm³/mol. The molecule has 0 radical (unpaired) electrons. The maximum atomic E-state index is 13.1. The molecule has 0 saturated carbocycles. The Hall–Kier alpha value is -0.978. The van der Waals surface area contributed by atoms with Crippen LogP contribution in [0.3, 0.4) is 0 Å². The smallest absolute Gasteiger partial charge is 0.358 e. The average Bonchev–Trinajstić information content (AvgIpc) is 2.37. The average molecular weight is 500 g/mol. The SMILES string of the molecule is Fc1cc(/C=C/c2cc[c-]cc2)cc(C(F)F)c1.[CH3-].[U+2]. The van der Waals surface area contributed by atoms with Gasteiger partial charge in [0.2, 0.25) is 0 Å². The molecule has 2 aromatic rings. The van der Waals surface area contributed by atoms with E-state index in [9.17, 15) is 13.2 Å². The normalized spacial score (nSPS) is 10.2. The van der Waals surface area contributed by atoms with Crippen molar-refractivity contribution in [1.29, 1.82) is 0 Å². The minimum atomic E-state index is -2.67. The topological polar surface area (TPSA) is 0 Å². The van der Waals surface area contributed by atoms with Crippen molar-refractivity contribution < 1.29 is 44.3 Å². The molecule has 2 rings (SSSR count). The molecule has 0 unspecified atom stereocenters. The van der Waals surface area contributed by atoms with Crippen LogP contribution in [-0.4, -0.2) is 0 Å². The molecule has 0 aliphatic carbocycles. The van der Waals surface area contributed by atoms with Gasteiger partial charge in [0, 0.05) is 5.56 Å². The molecule has 0 N–H and O–H groups in total. The zero-order valence-electron chi connectivity index (χ0n) is 10.9. The molecule has 0 amide bonds. The number of rotatable bonds is 3. The molecule has 0 spiro atoms. The Balaban J connectivity index is 0.00000180. The van der Waals surface area contributed by atoms with Gasteiger partial charge >= 0.3 is 31.1 Å². The molecule has 0 aliphatic heterocycles. The Morgan fingerprint density at radius 3 is 2.15 bits per heavy atom. The van der Waals surface area contributed by atoms with Crippen molar-refractivity contribution in [3.8, 4) is 0 Å². The second kappa shape index (κ2) is 9.05. The van der Waals surface area contributed by atoms with E-state index in [2.05, 4.69) is 6.07 Å². The molecule has 4 heteroatoms. The summed E-state index contributed by atoms with van der Waals surface area (Å²) in [5.74, 6) is -0.658. The molecule has 0 aromatic heterocycles. The second-order valence-corrected chi connectivity index (χ2v) is 3.79. The Labute approximate surface area is 141 Å². The third-order valence-corrected chi connectivity index (χ3v) is 2.41. The predicted octanol–water partition coefficient (Wildman–Crippen LogP) is 5.18. The summed E-state index contributed by atoms with van der Waals surface area (Å²) >= 11 is 0. The van der Waals surface area contributed by atoms with E-state index >= 15 is 0 Å². The van der Waals surface area contributed by atoms with E-state index in [1.165, 1.54) is 12.1 Å². The van der Waals surface area contributed by atoms with Crippen molar-refractivity contribution in [3.63, 3.8) is 0 Å². The zero-order valence-corrected chi connectivity index (χ0v) is 15.1. The van der Waals surface area contributed by atoms with Gasteiger partial charge in [-0.15, -0.1) is 5.56 Å². The third kappa shape index (κ3) is 5.56. The van der Waals surface area contributed by atoms with Crippen LogP contribution in [0.1, 0.15) is 23.1 Å². The molecule has 0 aliphatic rings. The van der Waals surface area contributed by atoms with Gasteiger partial charge in [-0.1, -0.05) is 12.2 Å². The van der Waals surface area contributed by atoms with Gasteiger partial charge in [0.25, 0.3) is 6.43 Å². The second-order valence-electron chi connectivity index (χ2n) is 3.79. The van der Waals surface area contributed by atoms with E-state index in [0.29, 0.717) is 5.56 Å². The Bertz CT molecular complexity index is 551. The first-order valence-electron chi connectivity index (χ1n) is 5.38. The first kappa shape index (κ1) is 19.0. The van der Waals surface area contributed by atoms with Gasteiger partial charge in [-0.3, -0.25) is 0 Å². The van der Waals surface area contributed by atoms with Crippen LogP contribution in [0, 0.1) is 50.4 Å². The van der Waals surface area contributed by atoms with E-state index in [4.69, 9.17) is 0 Å². The number of hydrogen-bond donors (Lipinski definition) is 0. The largest absolute Gasteiger partial charge is 2.00 e. The summed E-state index contributed by atoms with van der Waals surface area (Å²) in [7, 11) is 0. The summed E-state index contributed by atoms with van der Waals surface area (Å²) in [6, 6.07) is 13.4. The molecule has 0 heterocycles. The van der Waals surface area contributed by atoms with Gasteiger partial charge in [-0.2, -0.15) is 30.3 Å². The Morgan fingerprint density at radius 2 is 1.55 bits per heavy atom. The standard InChI is InChI=1S/C15H10F3.CH3.U/c16-14-9-12(8-13(10-14)15(17)18)7-6-11-4-2-1-3-5-11;;/h2-10,15H;1H3;/q2*-1;+2/b7-6+;;. The van der Waals surface area contributed by atoms with Crippen molar-refractivity contribution in [2.24, 2.45) is 0 Å². The molecule has 0 saturated heterocycles. The Morgan fingerprint density at radius 1 is 0.950 bits per heavy atom. The molecule has 20 heavy (non-hydrogen) atoms. The van der Waals surface area contributed by atoms with E-state index in [0.717, 1.165) is 11.6 Å². The van der Waals surface area contributed by atoms with Crippen LogP contribution in [0.5, 0.6) is 0 Å². The monoisotopic (exact) mass is 500 g/mol. The molecular weight excluding hydrogens is 487 g/mol. The first-order valence-corrected chi connectivity index (χ1v) is 5.38. The number of halogens is 3. The van der Waals surface area contributed by atoms with Gasteiger partial charge in [-0.05, 0) is 23.8 Å². The van der Waals surface area contributed by atoms with Gasteiger partial charge in [-0.25, -0.2) is 13.2 Å². The fraction of sp³-hybridized carbons (Fsp3) is 0.0625. The molecule has 0 atom stereocenters. The van der Waals surface area contributed by atoms with E-state index in [1.54, 1.807) is 24.3 Å². The zero-order chi connectivity index (χ0) is 13.0. The van der Waals surface area contributed by atoms with Crippen LogP contribution in [-0.2, 0) is 0 Å². The van der Waals surface area contributed by atoms with Crippen LogP contribution < -0.4 is 0 Å². The molecule has 0 bridgehead atoms. The maximum absolute atomic E-state index is 13.1. The molecule has 2 aromatic carbocycles. The minimum absolute atomic E-state index is 0. The summed E-state index contributed by atoms with van der Waals surface area (Å²) < 4.78 is 38.1. The van der Waals surface area contributed by atoms with Crippen molar-refractivity contribution in [2.45, 2.75) is 6.43 Å². The van der Waals surface area contributed by atoms with Crippen molar-refractivity contribution >= 4 is 12.2 Å². The van der Waals surface area contributed by atoms with Crippen LogP contribution in [0.4, 0.5) is 13.2 Å². The van der Waals surface area contributed by atoms with E-state index < -0.39 is 12.2 Å². The number of benzene rings is 2. The number of alkyl halides is 2. The van der Waals surface area contributed by atoms with Crippen molar-refractivity contribution in [3.05, 3.63) is 78.5 Å². The maximum Gasteiger partial charge on any atom is 2.00 e. The van der Waals surface area contributed by atoms with E-state index in [-0.39, 0.29) is 44.1 Å². The van der Waals surface area contributed by atoms with Gasteiger partial charge in [0.05, 0.1) is 0 Å². The fourth-order valence-corrected chi connectivity index (χ4v) is 1.56. The molecule has 0 nitrogen and oxygen atoms in total. The number of hydrogen-bond acceptors (Lipinski definition) is 0. The summed E-state index contributed by atoms with van der Waals surface area (Å²) in [4.78, 5) is 0. The summed E-state index contributed by atoms with van der Waals surface area (Å²) in [6.07, 6.45) is 0.668. The van der Waals surface area contributed by atoms with Crippen molar-refractivity contribution in [1.82, 2.24) is 0 Å². The first-order chi connectivity index (χ1) is 8.65. The Kier molecular flexibility index (Phi) is 8.61. The summed E-state index contributed by atoms with van der Waals surface area (Å²) in [6.45, 7) is 0.